The van der Waals surface area contributed by atoms with Crippen LogP contribution in [0.2, 0.25) is 0 Å². The highest BCUT2D eigenvalue weighted by Crippen LogP contribution is 2.14. The van der Waals surface area contributed by atoms with E-state index < -0.39 is 10.8 Å². The van der Waals surface area contributed by atoms with Crippen molar-refractivity contribution in [2.75, 3.05) is 5.75 Å². The SMILES string of the molecule is C/C=C/C[S@@](=O)Cc1ccc(-n2nc(C)cc2C)cc1. The van der Waals surface area contributed by atoms with Crippen LogP contribution in [0.5, 0.6) is 0 Å². The first-order valence-corrected chi connectivity index (χ1v) is 8.17. The first kappa shape index (κ1) is 14.7. The Kier molecular flexibility index (Phi) is 4.90. The van der Waals surface area contributed by atoms with Crippen LogP contribution in [0.3, 0.4) is 0 Å². The summed E-state index contributed by atoms with van der Waals surface area (Å²) >= 11 is 0. The average Bonchev–Trinajstić information content (AvgIpc) is 2.76. The number of aromatic nitrogens is 2. The summed E-state index contributed by atoms with van der Waals surface area (Å²) in [6, 6.07) is 10.2. The number of allylic oxidation sites excluding steroid dienone is 1. The first-order chi connectivity index (χ1) is 9.60. The summed E-state index contributed by atoms with van der Waals surface area (Å²) in [4.78, 5) is 0. The van der Waals surface area contributed by atoms with Gasteiger partial charge < -0.3 is 0 Å². The van der Waals surface area contributed by atoms with Gasteiger partial charge in [0.25, 0.3) is 0 Å². The highest BCUT2D eigenvalue weighted by Gasteiger charge is 2.04. The van der Waals surface area contributed by atoms with Crippen molar-refractivity contribution < 1.29 is 4.21 Å². The molecule has 0 spiro atoms. The highest BCUT2D eigenvalue weighted by atomic mass is 32.2. The number of aryl methyl sites for hydroxylation is 2. The first-order valence-electron chi connectivity index (χ1n) is 6.69. The van der Waals surface area contributed by atoms with E-state index in [9.17, 15) is 4.21 Å². The molecule has 0 N–H and O–H groups in total. The van der Waals surface area contributed by atoms with Gasteiger partial charge in [-0.2, -0.15) is 5.10 Å². The summed E-state index contributed by atoms with van der Waals surface area (Å²) < 4.78 is 13.8. The van der Waals surface area contributed by atoms with Gasteiger partial charge in [-0.05, 0) is 44.5 Å². The molecule has 0 aliphatic carbocycles. The Bertz CT molecular complexity index is 626. The summed E-state index contributed by atoms with van der Waals surface area (Å²) in [7, 11) is -0.831. The van der Waals surface area contributed by atoms with E-state index in [2.05, 4.69) is 11.2 Å². The number of rotatable bonds is 5. The van der Waals surface area contributed by atoms with Crippen molar-refractivity contribution in [1.82, 2.24) is 9.78 Å². The van der Waals surface area contributed by atoms with Crippen LogP contribution in [-0.2, 0) is 16.6 Å². The molecule has 0 amide bonds. The monoisotopic (exact) mass is 288 g/mol. The van der Waals surface area contributed by atoms with Gasteiger partial charge in [0, 0.05) is 28.0 Å². The second-order valence-corrected chi connectivity index (χ2v) is 6.33. The van der Waals surface area contributed by atoms with Crippen LogP contribution in [0.15, 0.2) is 42.5 Å². The molecule has 0 radical (unpaired) electrons. The number of benzene rings is 1. The molecule has 4 heteroatoms. The maximum atomic E-state index is 11.8. The Morgan fingerprint density at radius 2 is 1.95 bits per heavy atom. The highest BCUT2D eigenvalue weighted by molar-refractivity contribution is 7.84. The van der Waals surface area contributed by atoms with Gasteiger partial charge in [0.1, 0.15) is 0 Å². The fraction of sp³-hybridized carbons (Fsp3) is 0.312. The minimum atomic E-state index is -0.831. The quantitative estimate of drug-likeness (QED) is 0.791. The summed E-state index contributed by atoms with van der Waals surface area (Å²) in [5, 5.41) is 4.46. The standard InChI is InChI=1S/C16H20N2OS/c1-4-5-10-20(19)12-15-6-8-16(9-7-15)18-14(3)11-13(2)17-18/h4-9,11H,10,12H2,1-3H3/b5-4+/t20-/m1/s1. The Morgan fingerprint density at radius 3 is 2.50 bits per heavy atom. The zero-order chi connectivity index (χ0) is 14.5. The Hall–Kier alpha value is -1.68. The van der Waals surface area contributed by atoms with E-state index in [4.69, 9.17) is 0 Å². The van der Waals surface area contributed by atoms with Crippen LogP contribution < -0.4 is 0 Å². The number of hydrogen-bond acceptors (Lipinski definition) is 2. The van der Waals surface area contributed by atoms with E-state index in [1.807, 2.05) is 61.9 Å². The van der Waals surface area contributed by atoms with Gasteiger partial charge in [0.05, 0.1) is 11.4 Å². The molecule has 1 aromatic heterocycles. The molecule has 0 saturated heterocycles. The van der Waals surface area contributed by atoms with Crippen LogP contribution in [0.25, 0.3) is 5.69 Å². The smallest absolute Gasteiger partial charge is 0.0648 e. The Morgan fingerprint density at radius 1 is 1.25 bits per heavy atom. The lowest BCUT2D eigenvalue weighted by Crippen LogP contribution is -2.01. The van der Waals surface area contributed by atoms with E-state index in [1.54, 1.807) is 0 Å². The number of hydrogen-bond donors (Lipinski definition) is 0. The zero-order valence-electron chi connectivity index (χ0n) is 12.2. The van der Waals surface area contributed by atoms with Crippen LogP contribution in [0.4, 0.5) is 0 Å². The topological polar surface area (TPSA) is 34.9 Å². The van der Waals surface area contributed by atoms with Crippen LogP contribution >= 0.6 is 0 Å². The second-order valence-electron chi connectivity index (χ2n) is 4.83. The second kappa shape index (κ2) is 6.66. The van der Waals surface area contributed by atoms with Crippen molar-refractivity contribution >= 4 is 10.8 Å². The zero-order valence-corrected chi connectivity index (χ0v) is 13.0. The molecule has 1 aromatic carbocycles. The van der Waals surface area contributed by atoms with Gasteiger partial charge in [-0.15, -0.1) is 0 Å². The summed E-state index contributed by atoms with van der Waals surface area (Å²) in [6.07, 6.45) is 3.88. The Balaban J connectivity index is 2.10. The molecule has 0 aliphatic heterocycles. The predicted molar refractivity (Wildman–Crippen MR) is 84.6 cm³/mol. The van der Waals surface area contributed by atoms with E-state index in [0.29, 0.717) is 11.5 Å². The molecule has 106 valence electrons. The minimum absolute atomic E-state index is 0.599. The molecule has 0 aliphatic rings. The summed E-state index contributed by atoms with van der Waals surface area (Å²) in [5.74, 6) is 1.22. The lowest BCUT2D eigenvalue weighted by atomic mass is 10.2. The van der Waals surface area contributed by atoms with Crippen molar-refractivity contribution in [2.24, 2.45) is 0 Å². The van der Waals surface area contributed by atoms with Gasteiger partial charge in [-0.25, -0.2) is 4.68 Å². The third kappa shape index (κ3) is 3.67. The molecule has 0 saturated carbocycles. The van der Waals surface area contributed by atoms with Crippen molar-refractivity contribution in [3.8, 4) is 5.69 Å². The minimum Gasteiger partial charge on any atom is -0.259 e. The molecular weight excluding hydrogens is 268 g/mol. The molecule has 3 nitrogen and oxygen atoms in total. The van der Waals surface area contributed by atoms with Crippen molar-refractivity contribution in [3.63, 3.8) is 0 Å². The fourth-order valence-corrected chi connectivity index (χ4v) is 3.16. The average molecular weight is 288 g/mol. The third-order valence-electron chi connectivity index (χ3n) is 3.04. The van der Waals surface area contributed by atoms with E-state index >= 15 is 0 Å². The molecule has 20 heavy (non-hydrogen) atoms. The summed E-state index contributed by atoms with van der Waals surface area (Å²) in [5.41, 5.74) is 4.27. The van der Waals surface area contributed by atoms with Crippen molar-refractivity contribution in [2.45, 2.75) is 26.5 Å². The third-order valence-corrected chi connectivity index (χ3v) is 4.26. The van der Waals surface area contributed by atoms with Gasteiger partial charge in [-0.1, -0.05) is 24.3 Å². The largest absolute Gasteiger partial charge is 0.259 e. The lowest BCUT2D eigenvalue weighted by molar-refractivity contribution is 0.684. The van der Waals surface area contributed by atoms with Gasteiger partial charge >= 0.3 is 0 Å². The summed E-state index contributed by atoms with van der Waals surface area (Å²) in [6.45, 7) is 5.97. The molecule has 0 bridgehead atoms. The van der Waals surface area contributed by atoms with Gasteiger partial charge in [0.15, 0.2) is 0 Å². The maximum Gasteiger partial charge on any atom is 0.0648 e. The molecular formula is C16H20N2OS. The molecule has 1 heterocycles. The Labute approximate surface area is 122 Å². The normalized spacial score (nSPS) is 12.9. The predicted octanol–water partition coefficient (Wildman–Crippen LogP) is 3.31. The van der Waals surface area contributed by atoms with Gasteiger partial charge in [-0.3, -0.25) is 4.21 Å². The molecule has 2 rings (SSSR count). The van der Waals surface area contributed by atoms with E-state index in [-0.39, 0.29) is 0 Å². The van der Waals surface area contributed by atoms with Crippen molar-refractivity contribution in [1.29, 1.82) is 0 Å². The molecule has 2 aromatic rings. The fourth-order valence-electron chi connectivity index (χ4n) is 2.07. The van der Waals surface area contributed by atoms with Crippen LogP contribution in [-0.4, -0.2) is 19.7 Å². The molecule has 1 atom stereocenters. The van der Waals surface area contributed by atoms with Crippen molar-refractivity contribution in [3.05, 3.63) is 59.4 Å². The lowest BCUT2D eigenvalue weighted by Gasteiger charge is -2.06. The van der Waals surface area contributed by atoms with Crippen LogP contribution in [0, 0.1) is 13.8 Å². The molecule has 0 fully saturated rings. The molecule has 0 unspecified atom stereocenters. The number of nitrogens with zero attached hydrogens (tertiary/aromatic N) is 2. The van der Waals surface area contributed by atoms with Gasteiger partial charge in [0.2, 0.25) is 0 Å². The van der Waals surface area contributed by atoms with E-state index in [1.165, 1.54) is 0 Å². The van der Waals surface area contributed by atoms with Crippen LogP contribution in [0.1, 0.15) is 23.9 Å². The van der Waals surface area contributed by atoms with E-state index in [0.717, 1.165) is 22.6 Å². The maximum absolute atomic E-state index is 11.8.